The van der Waals surface area contributed by atoms with Gasteiger partial charge in [-0.2, -0.15) is 0 Å². The summed E-state index contributed by atoms with van der Waals surface area (Å²) in [6.45, 7) is 9.68. The van der Waals surface area contributed by atoms with E-state index in [1.54, 1.807) is 0 Å². The fourth-order valence-corrected chi connectivity index (χ4v) is 3.71. The van der Waals surface area contributed by atoms with Crippen molar-refractivity contribution < 1.29 is 9.84 Å². The number of rotatable bonds is 4. The van der Waals surface area contributed by atoms with E-state index in [-0.39, 0.29) is 0 Å². The molecule has 0 bridgehead atoms. The summed E-state index contributed by atoms with van der Waals surface area (Å²) in [5.74, 6) is 1.39. The van der Waals surface area contributed by atoms with Crippen LogP contribution in [0.3, 0.4) is 0 Å². The highest BCUT2D eigenvalue weighted by Gasteiger charge is 2.24. The molecular formula is C17H25BrO2. The van der Waals surface area contributed by atoms with Gasteiger partial charge in [0.05, 0.1) is 12.7 Å². The summed E-state index contributed by atoms with van der Waals surface area (Å²) < 4.78 is 6.73. The Hall–Kier alpha value is -0.540. The third kappa shape index (κ3) is 3.98. The zero-order valence-electron chi connectivity index (χ0n) is 12.9. The van der Waals surface area contributed by atoms with Crippen molar-refractivity contribution >= 4 is 15.9 Å². The van der Waals surface area contributed by atoms with Crippen LogP contribution in [-0.4, -0.2) is 11.7 Å². The molecule has 2 nitrogen and oxygen atoms in total. The number of aliphatic hydroxyl groups is 1. The fourth-order valence-electron chi connectivity index (χ4n) is 3.18. The number of halogens is 1. The number of benzene rings is 1. The van der Waals surface area contributed by atoms with Crippen LogP contribution < -0.4 is 4.74 Å². The third-order valence-corrected chi connectivity index (χ3v) is 4.18. The first-order valence-corrected chi connectivity index (χ1v) is 8.19. The van der Waals surface area contributed by atoms with E-state index >= 15 is 0 Å². The smallest absolute Gasteiger partial charge is 0.128 e. The van der Waals surface area contributed by atoms with Crippen LogP contribution in [0.25, 0.3) is 0 Å². The molecule has 0 aliphatic carbocycles. The van der Waals surface area contributed by atoms with Crippen molar-refractivity contribution in [2.24, 2.45) is 11.3 Å². The molecule has 0 saturated heterocycles. The molecule has 1 aliphatic heterocycles. The number of aliphatic hydroxyl groups excluding tert-OH is 1. The van der Waals surface area contributed by atoms with Crippen LogP contribution >= 0.6 is 15.9 Å². The van der Waals surface area contributed by atoms with Crippen LogP contribution in [0.2, 0.25) is 0 Å². The highest BCUT2D eigenvalue weighted by molar-refractivity contribution is 9.10. The van der Waals surface area contributed by atoms with Crippen molar-refractivity contribution in [3.63, 3.8) is 0 Å². The molecule has 1 aliphatic rings. The van der Waals surface area contributed by atoms with Gasteiger partial charge in [-0.05, 0) is 41.9 Å². The fraction of sp³-hybridized carbons (Fsp3) is 0.647. The Labute approximate surface area is 130 Å². The molecular weight excluding hydrogens is 316 g/mol. The average molecular weight is 341 g/mol. The highest BCUT2D eigenvalue weighted by Crippen LogP contribution is 2.39. The van der Waals surface area contributed by atoms with Crippen molar-refractivity contribution in [2.75, 3.05) is 6.61 Å². The van der Waals surface area contributed by atoms with Crippen LogP contribution in [-0.2, 0) is 6.42 Å². The molecule has 20 heavy (non-hydrogen) atoms. The monoisotopic (exact) mass is 340 g/mol. The van der Waals surface area contributed by atoms with E-state index < -0.39 is 6.10 Å². The highest BCUT2D eigenvalue weighted by atomic mass is 79.9. The Morgan fingerprint density at radius 3 is 2.70 bits per heavy atom. The first-order valence-electron chi connectivity index (χ1n) is 7.39. The maximum absolute atomic E-state index is 10.6. The van der Waals surface area contributed by atoms with E-state index in [9.17, 15) is 5.11 Å². The van der Waals surface area contributed by atoms with Crippen molar-refractivity contribution in [1.82, 2.24) is 0 Å². The SMILES string of the molecule is CC(CC(O)c1cc(Br)cc2c1OCC2)CC(C)(C)C. The second kappa shape index (κ2) is 6.07. The summed E-state index contributed by atoms with van der Waals surface area (Å²) in [4.78, 5) is 0. The van der Waals surface area contributed by atoms with Crippen molar-refractivity contribution in [3.8, 4) is 5.75 Å². The van der Waals surface area contributed by atoms with Crippen LogP contribution in [0.15, 0.2) is 16.6 Å². The zero-order valence-corrected chi connectivity index (χ0v) is 14.5. The van der Waals surface area contributed by atoms with E-state index in [1.165, 1.54) is 5.56 Å². The molecule has 0 radical (unpaired) electrons. The van der Waals surface area contributed by atoms with E-state index in [1.807, 2.05) is 6.07 Å². The molecule has 2 unspecified atom stereocenters. The molecule has 0 fully saturated rings. The average Bonchev–Trinajstić information content (AvgIpc) is 2.72. The van der Waals surface area contributed by atoms with Gasteiger partial charge in [0.25, 0.3) is 0 Å². The maximum atomic E-state index is 10.6. The molecule has 2 atom stereocenters. The first-order chi connectivity index (χ1) is 9.26. The van der Waals surface area contributed by atoms with Crippen molar-refractivity contribution in [2.45, 2.75) is 53.1 Å². The predicted octanol–water partition coefficient (Wildman–Crippen LogP) is 4.88. The zero-order chi connectivity index (χ0) is 14.9. The summed E-state index contributed by atoms with van der Waals surface area (Å²) in [7, 11) is 0. The minimum atomic E-state index is -0.448. The summed E-state index contributed by atoms with van der Waals surface area (Å²) in [5, 5.41) is 10.6. The van der Waals surface area contributed by atoms with Gasteiger partial charge < -0.3 is 9.84 Å². The molecule has 0 spiro atoms. The van der Waals surface area contributed by atoms with Gasteiger partial charge in [-0.25, -0.2) is 0 Å². The van der Waals surface area contributed by atoms with Crippen molar-refractivity contribution in [3.05, 3.63) is 27.7 Å². The molecule has 0 aromatic heterocycles. The molecule has 112 valence electrons. The lowest BCUT2D eigenvalue weighted by Gasteiger charge is -2.25. The van der Waals surface area contributed by atoms with Crippen LogP contribution in [0.4, 0.5) is 0 Å². The number of hydrogen-bond donors (Lipinski definition) is 1. The Morgan fingerprint density at radius 1 is 1.35 bits per heavy atom. The summed E-state index contributed by atoms with van der Waals surface area (Å²) >= 11 is 3.53. The van der Waals surface area contributed by atoms with Gasteiger partial charge in [0.1, 0.15) is 5.75 Å². The van der Waals surface area contributed by atoms with Gasteiger partial charge >= 0.3 is 0 Å². The lowest BCUT2D eigenvalue weighted by molar-refractivity contribution is 0.131. The third-order valence-electron chi connectivity index (χ3n) is 3.72. The number of fused-ring (bicyclic) bond motifs is 1. The quantitative estimate of drug-likeness (QED) is 0.846. The molecule has 0 amide bonds. The van der Waals surface area contributed by atoms with Gasteiger partial charge in [0.2, 0.25) is 0 Å². The molecule has 0 saturated carbocycles. The Bertz CT molecular complexity index is 477. The van der Waals surface area contributed by atoms with E-state index in [0.29, 0.717) is 11.3 Å². The molecule has 1 aromatic rings. The second-order valence-corrected chi connectivity index (χ2v) is 8.12. The molecule has 1 heterocycles. The number of ether oxygens (including phenoxy) is 1. The summed E-state index contributed by atoms with van der Waals surface area (Å²) in [6.07, 6.45) is 2.38. The predicted molar refractivity (Wildman–Crippen MR) is 86.2 cm³/mol. The lowest BCUT2D eigenvalue weighted by Crippen LogP contribution is -2.14. The Kier molecular flexibility index (Phi) is 4.80. The summed E-state index contributed by atoms with van der Waals surface area (Å²) in [5.41, 5.74) is 2.44. The topological polar surface area (TPSA) is 29.5 Å². The molecule has 1 aromatic carbocycles. The van der Waals surface area contributed by atoms with Gasteiger partial charge in [-0.3, -0.25) is 0 Å². The Morgan fingerprint density at radius 2 is 2.05 bits per heavy atom. The van der Waals surface area contributed by atoms with Crippen LogP contribution in [0.1, 0.15) is 57.8 Å². The summed E-state index contributed by atoms with van der Waals surface area (Å²) in [6, 6.07) is 4.09. The van der Waals surface area contributed by atoms with Crippen LogP contribution in [0, 0.1) is 11.3 Å². The molecule has 2 rings (SSSR count). The maximum Gasteiger partial charge on any atom is 0.128 e. The first kappa shape index (κ1) is 15.8. The Balaban J connectivity index is 2.12. The standard InChI is InChI=1S/C17H25BrO2/c1-11(10-17(2,3)4)7-15(19)14-9-13(18)8-12-5-6-20-16(12)14/h8-9,11,15,19H,5-7,10H2,1-4H3. The van der Waals surface area contributed by atoms with Crippen LogP contribution in [0.5, 0.6) is 5.75 Å². The number of hydrogen-bond acceptors (Lipinski definition) is 2. The molecule has 1 N–H and O–H groups in total. The second-order valence-electron chi connectivity index (χ2n) is 7.20. The van der Waals surface area contributed by atoms with Gasteiger partial charge in [-0.15, -0.1) is 0 Å². The van der Waals surface area contributed by atoms with Gasteiger partial charge in [0, 0.05) is 16.5 Å². The van der Waals surface area contributed by atoms with E-state index in [0.717, 1.165) is 41.7 Å². The lowest BCUT2D eigenvalue weighted by atomic mass is 9.82. The van der Waals surface area contributed by atoms with E-state index in [4.69, 9.17) is 4.74 Å². The van der Waals surface area contributed by atoms with Crippen molar-refractivity contribution in [1.29, 1.82) is 0 Å². The van der Waals surface area contributed by atoms with Gasteiger partial charge in [-0.1, -0.05) is 43.6 Å². The normalized spacial score (nSPS) is 17.5. The largest absolute Gasteiger partial charge is 0.493 e. The molecule has 3 heteroatoms. The van der Waals surface area contributed by atoms with Gasteiger partial charge in [0.15, 0.2) is 0 Å². The van der Waals surface area contributed by atoms with E-state index in [2.05, 4.69) is 49.7 Å². The minimum Gasteiger partial charge on any atom is -0.493 e. The minimum absolute atomic E-state index is 0.300.